The van der Waals surface area contributed by atoms with Gasteiger partial charge in [-0.15, -0.1) is 0 Å². The fraction of sp³-hybridized carbons (Fsp3) is 0.333. The van der Waals surface area contributed by atoms with E-state index in [-0.39, 0.29) is 17.1 Å². The van der Waals surface area contributed by atoms with Gasteiger partial charge in [-0.1, -0.05) is 6.42 Å². The SMILES string of the molecule is O=C1CCCCCC1=CNc1ccc(C(=O)O)c(O)c1. The van der Waals surface area contributed by atoms with E-state index in [0.29, 0.717) is 12.1 Å². The van der Waals surface area contributed by atoms with Gasteiger partial charge in [0.25, 0.3) is 0 Å². The molecule has 1 aliphatic carbocycles. The predicted octanol–water partition coefficient (Wildman–Crippen LogP) is 2.92. The molecule has 2 rings (SSSR count). The summed E-state index contributed by atoms with van der Waals surface area (Å²) in [6, 6.07) is 4.22. The van der Waals surface area contributed by atoms with E-state index >= 15 is 0 Å². The van der Waals surface area contributed by atoms with Crippen molar-refractivity contribution in [2.24, 2.45) is 0 Å². The fourth-order valence-electron chi connectivity index (χ4n) is 2.20. The lowest BCUT2D eigenvalue weighted by Crippen LogP contribution is -2.03. The molecule has 0 aromatic heterocycles. The zero-order chi connectivity index (χ0) is 14.5. The van der Waals surface area contributed by atoms with Crippen molar-refractivity contribution < 1.29 is 19.8 Å². The highest BCUT2D eigenvalue weighted by Gasteiger charge is 2.13. The summed E-state index contributed by atoms with van der Waals surface area (Å²) in [6.45, 7) is 0. The smallest absolute Gasteiger partial charge is 0.339 e. The number of carbonyl (C=O) groups excluding carboxylic acids is 1. The number of nitrogens with one attached hydrogen (secondary N) is 1. The molecule has 106 valence electrons. The monoisotopic (exact) mass is 275 g/mol. The molecule has 0 saturated heterocycles. The third-order valence-corrected chi connectivity index (χ3v) is 3.35. The van der Waals surface area contributed by atoms with Crippen LogP contribution in [0.1, 0.15) is 42.5 Å². The van der Waals surface area contributed by atoms with E-state index in [4.69, 9.17) is 5.11 Å². The minimum Gasteiger partial charge on any atom is -0.507 e. The molecule has 0 amide bonds. The molecule has 0 unspecified atom stereocenters. The highest BCUT2D eigenvalue weighted by molar-refractivity contribution is 5.96. The molecule has 1 aromatic carbocycles. The molecule has 0 bridgehead atoms. The van der Waals surface area contributed by atoms with E-state index in [1.165, 1.54) is 12.1 Å². The van der Waals surface area contributed by atoms with Gasteiger partial charge in [0.2, 0.25) is 0 Å². The van der Waals surface area contributed by atoms with E-state index in [0.717, 1.165) is 31.3 Å². The number of carbonyl (C=O) groups is 2. The second kappa shape index (κ2) is 6.23. The molecule has 0 aliphatic heterocycles. The maximum atomic E-state index is 11.8. The van der Waals surface area contributed by atoms with Gasteiger partial charge in [0.15, 0.2) is 5.78 Å². The first kappa shape index (κ1) is 14.1. The molecular formula is C15H17NO4. The molecule has 0 atom stereocenters. The summed E-state index contributed by atoms with van der Waals surface area (Å²) in [5, 5.41) is 21.4. The van der Waals surface area contributed by atoms with Crippen LogP contribution >= 0.6 is 0 Å². The number of Topliss-reactive ketones (excluding diaryl/α,β-unsaturated/α-hetero) is 1. The number of hydrogen-bond acceptors (Lipinski definition) is 4. The van der Waals surface area contributed by atoms with Crippen molar-refractivity contribution in [3.8, 4) is 5.75 Å². The minimum atomic E-state index is -1.17. The zero-order valence-electron chi connectivity index (χ0n) is 11.1. The Labute approximate surface area is 116 Å². The van der Waals surface area contributed by atoms with Crippen LogP contribution in [0.4, 0.5) is 5.69 Å². The molecule has 5 heteroatoms. The first-order chi connectivity index (χ1) is 9.58. The average molecular weight is 275 g/mol. The summed E-state index contributed by atoms with van der Waals surface area (Å²) < 4.78 is 0. The summed E-state index contributed by atoms with van der Waals surface area (Å²) in [4.78, 5) is 22.6. The third-order valence-electron chi connectivity index (χ3n) is 3.35. The Balaban J connectivity index is 2.12. The highest BCUT2D eigenvalue weighted by Crippen LogP contribution is 2.23. The van der Waals surface area contributed by atoms with E-state index in [9.17, 15) is 14.7 Å². The summed E-state index contributed by atoms with van der Waals surface area (Å²) in [5.41, 5.74) is 1.16. The Morgan fingerprint density at radius 3 is 2.65 bits per heavy atom. The molecule has 1 fully saturated rings. The zero-order valence-corrected chi connectivity index (χ0v) is 11.1. The maximum Gasteiger partial charge on any atom is 0.339 e. The Kier molecular flexibility index (Phi) is 4.40. The number of rotatable bonds is 3. The second-order valence-corrected chi connectivity index (χ2v) is 4.83. The van der Waals surface area contributed by atoms with Crippen LogP contribution in [-0.4, -0.2) is 22.0 Å². The van der Waals surface area contributed by atoms with Gasteiger partial charge in [0.1, 0.15) is 11.3 Å². The van der Waals surface area contributed by atoms with Crippen LogP contribution in [0.3, 0.4) is 0 Å². The fourth-order valence-corrected chi connectivity index (χ4v) is 2.20. The third kappa shape index (κ3) is 3.38. The largest absolute Gasteiger partial charge is 0.507 e. The van der Waals surface area contributed by atoms with Gasteiger partial charge in [-0.3, -0.25) is 4.79 Å². The van der Waals surface area contributed by atoms with Gasteiger partial charge < -0.3 is 15.5 Å². The lowest BCUT2D eigenvalue weighted by molar-refractivity contribution is -0.115. The van der Waals surface area contributed by atoms with E-state index in [2.05, 4.69) is 5.32 Å². The molecule has 3 N–H and O–H groups in total. The highest BCUT2D eigenvalue weighted by atomic mass is 16.4. The number of aromatic carboxylic acids is 1. The summed E-state index contributed by atoms with van der Waals surface area (Å²) in [5.74, 6) is -1.32. The lowest BCUT2D eigenvalue weighted by Gasteiger charge is -2.06. The van der Waals surface area contributed by atoms with Gasteiger partial charge in [0, 0.05) is 29.9 Å². The van der Waals surface area contributed by atoms with Crippen molar-refractivity contribution in [3.63, 3.8) is 0 Å². The van der Waals surface area contributed by atoms with Gasteiger partial charge in [-0.05, 0) is 31.4 Å². The summed E-state index contributed by atoms with van der Waals surface area (Å²) in [6.07, 6.45) is 5.99. The average Bonchev–Trinajstić information content (AvgIpc) is 2.61. The molecule has 1 saturated carbocycles. The van der Waals surface area contributed by atoms with Crippen LogP contribution in [-0.2, 0) is 4.79 Å². The van der Waals surface area contributed by atoms with Crippen molar-refractivity contribution >= 4 is 17.4 Å². The van der Waals surface area contributed by atoms with Gasteiger partial charge in [0.05, 0.1) is 0 Å². The van der Waals surface area contributed by atoms with E-state index < -0.39 is 5.97 Å². The quantitative estimate of drug-likeness (QED) is 0.583. The Morgan fingerprint density at radius 2 is 1.95 bits per heavy atom. The molecule has 1 aromatic rings. The number of phenols is 1. The number of carboxylic acids is 1. The van der Waals surface area contributed by atoms with Crippen molar-refractivity contribution in [1.82, 2.24) is 0 Å². The molecular weight excluding hydrogens is 258 g/mol. The number of carboxylic acid groups (broad SMARTS) is 1. The molecule has 0 radical (unpaired) electrons. The van der Waals surface area contributed by atoms with Crippen LogP contribution in [0.5, 0.6) is 5.75 Å². The van der Waals surface area contributed by atoms with Crippen molar-refractivity contribution in [2.75, 3.05) is 5.32 Å². The first-order valence-corrected chi connectivity index (χ1v) is 6.63. The predicted molar refractivity (Wildman–Crippen MR) is 74.9 cm³/mol. The number of aromatic hydroxyl groups is 1. The molecule has 0 spiro atoms. The Hall–Kier alpha value is -2.30. The maximum absolute atomic E-state index is 11.8. The lowest BCUT2D eigenvalue weighted by atomic mass is 10.1. The van der Waals surface area contributed by atoms with Crippen molar-refractivity contribution in [2.45, 2.75) is 32.1 Å². The van der Waals surface area contributed by atoms with Crippen LogP contribution in [0.2, 0.25) is 0 Å². The van der Waals surface area contributed by atoms with Gasteiger partial charge in [-0.2, -0.15) is 0 Å². The van der Waals surface area contributed by atoms with Crippen molar-refractivity contribution in [1.29, 1.82) is 0 Å². The van der Waals surface area contributed by atoms with Crippen LogP contribution < -0.4 is 5.32 Å². The first-order valence-electron chi connectivity index (χ1n) is 6.63. The minimum absolute atomic E-state index is 0.145. The molecule has 20 heavy (non-hydrogen) atoms. The standard InChI is InChI=1S/C15H17NO4/c17-13-5-3-1-2-4-10(13)9-16-11-6-7-12(15(19)20)14(18)8-11/h6-9,16,18H,1-5H2,(H,19,20). The van der Waals surface area contributed by atoms with Gasteiger partial charge in [-0.25, -0.2) is 4.79 Å². The van der Waals surface area contributed by atoms with Crippen molar-refractivity contribution in [3.05, 3.63) is 35.5 Å². The van der Waals surface area contributed by atoms with Crippen LogP contribution in [0.25, 0.3) is 0 Å². The number of ketones is 1. The van der Waals surface area contributed by atoms with Crippen LogP contribution in [0, 0.1) is 0 Å². The number of allylic oxidation sites excluding steroid dienone is 1. The van der Waals surface area contributed by atoms with E-state index in [1.807, 2.05) is 0 Å². The normalized spacial score (nSPS) is 17.8. The number of benzene rings is 1. The molecule has 1 aliphatic rings. The summed E-state index contributed by atoms with van der Waals surface area (Å²) >= 11 is 0. The topological polar surface area (TPSA) is 86.6 Å². The number of hydrogen-bond donors (Lipinski definition) is 3. The summed E-state index contributed by atoms with van der Waals surface area (Å²) in [7, 11) is 0. The van der Waals surface area contributed by atoms with Crippen LogP contribution in [0.15, 0.2) is 30.0 Å². The molecule has 0 heterocycles. The van der Waals surface area contributed by atoms with E-state index in [1.54, 1.807) is 12.3 Å². The Morgan fingerprint density at radius 1 is 1.20 bits per heavy atom. The number of anilines is 1. The molecule has 5 nitrogen and oxygen atoms in total. The second-order valence-electron chi connectivity index (χ2n) is 4.83. The van der Waals surface area contributed by atoms with Gasteiger partial charge >= 0.3 is 5.97 Å². The Bertz CT molecular complexity index is 563.